The van der Waals surface area contributed by atoms with E-state index in [1.807, 2.05) is 24.3 Å². The molecular weight excluding hydrogens is 232 g/mol. The first-order chi connectivity index (χ1) is 8.22. The zero-order valence-electron chi connectivity index (χ0n) is 9.99. The van der Waals surface area contributed by atoms with E-state index in [2.05, 4.69) is 18.3 Å². The summed E-state index contributed by atoms with van der Waals surface area (Å²) in [4.78, 5) is 0. The van der Waals surface area contributed by atoms with E-state index in [-0.39, 0.29) is 12.0 Å². The highest BCUT2D eigenvalue weighted by molar-refractivity contribution is 6.31. The number of nitrogens with one attached hydrogen (secondary N) is 1. The third-order valence-electron chi connectivity index (χ3n) is 3.52. The quantitative estimate of drug-likeness (QED) is 0.886. The molecule has 2 unspecified atom stereocenters. The Morgan fingerprint density at radius 3 is 2.88 bits per heavy atom. The number of halogens is 1. The lowest BCUT2D eigenvalue weighted by molar-refractivity contribution is 0.417. The average molecular weight is 249 g/mol. The minimum Gasteiger partial charge on any atom is -0.306 e. The maximum Gasteiger partial charge on any atom is 0.0672 e. The summed E-state index contributed by atoms with van der Waals surface area (Å²) in [6.07, 6.45) is 3.25. The highest BCUT2D eigenvalue weighted by atomic mass is 35.5. The van der Waals surface area contributed by atoms with Crippen molar-refractivity contribution >= 4 is 11.6 Å². The first-order valence-electron chi connectivity index (χ1n) is 6.12. The van der Waals surface area contributed by atoms with Crippen LogP contribution in [-0.4, -0.2) is 6.04 Å². The minimum atomic E-state index is 0.153. The molecule has 0 aliphatic heterocycles. The zero-order valence-corrected chi connectivity index (χ0v) is 10.7. The Balaban J connectivity index is 2.05. The molecular formula is C14H17ClN2. The smallest absolute Gasteiger partial charge is 0.0672 e. The zero-order chi connectivity index (χ0) is 12.3. The monoisotopic (exact) mass is 248 g/mol. The van der Waals surface area contributed by atoms with Gasteiger partial charge >= 0.3 is 0 Å². The van der Waals surface area contributed by atoms with Crippen LogP contribution in [-0.2, 0) is 0 Å². The fourth-order valence-electron chi connectivity index (χ4n) is 2.55. The second-order valence-corrected chi connectivity index (χ2v) is 5.09. The largest absolute Gasteiger partial charge is 0.306 e. The first kappa shape index (κ1) is 12.4. The first-order valence-corrected chi connectivity index (χ1v) is 6.50. The molecule has 1 aliphatic carbocycles. The minimum absolute atomic E-state index is 0.153. The Kier molecular flexibility index (Phi) is 4.04. The number of benzene rings is 1. The van der Waals surface area contributed by atoms with E-state index in [4.69, 9.17) is 16.9 Å². The van der Waals surface area contributed by atoms with Crippen molar-refractivity contribution in [1.82, 2.24) is 5.32 Å². The molecule has 0 bridgehead atoms. The van der Waals surface area contributed by atoms with Gasteiger partial charge in [0.15, 0.2) is 0 Å². The molecule has 0 amide bonds. The van der Waals surface area contributed by atoms with E-state index >= 15 is 0 Å². The third kappa shape index (κ3) is 2.80. The van der Waals surface area contributed by atoms with Crippen LogP contribution >= 0.6 is 11.6 Å². The van der Waals surface area contributed by atoms with E-state index in [0.29, 0.717) is 6.04 Å². The lowest BCUT2D eigenvalue weighted by Crippen LogP contribution is -2.34. The summed E-state index contributed by atoms with van der Waals surface area (Å²) in [6.45, 7) is 2.11. The maximum atomic E-state index is 9.06. The van der Waals surface area contributed by atoms with Gasteiger partial charge in [-0.15, -0.1) is 0 Å². The molecule has 0 radical (unpaired) electrons. The van der Waals surface area contributed by atoms with Gasteiger partial charge in [-0.2, -0.15) is 5.26 Å². The van der Waals surface area contributed by atoms with Crippen LogP contribution in [0.15, 0.2) is 24.3 Å². The van der Waals surface area contributed by atoms with Gasteiger partial charge in [0.25, 0.3) is 0 Å². The Bertz CT molecular complexity index is 424. The molecule has 0 saturated heterocycles. The van der Waals surface area contributed by atoms with E-state index in [1.54, 1.807) is 0 Å². The van der Waals surface area contributed by atoms with Crippen molar-refractivity contribution in [3.8, 4) is 6.07 Å². The molecule has 1 aromatic rings. The Labute approximate surface area is 108 Å². The van der Waals surface area contributed by atoms with Crippen molar-refractivity contribution in [2.75, 3.05) is 0 Å². The molecule has 1 aromatic carbocycles. The van der Waals surface area contributed by atoms with Crippen LogP contribution in [0.5, 0.6) is 0 Å². The van der Waals surface area contributed by atoms with Gasteiger partial charge in [0.1, 0.15) is 0 Å². The number of rotatable bonds is 3. The van der Waals surface area contributed by atoms with Crippen LogP contribution < -0.4 is 5.32 Å². The molecule has 90 valence electrons. The lowest BCUT2D eigenvalue weighted by atomic mass is 10.0. The predicted octanol–water partition coefficient (Wildman–Crippen LogP) is 3.68. The summed E-state index contributed by atoms with van der Waals surface area (Å²) in [7, 11) is 0. The van der Waals surface area contributed by atoms with Crippen molar-refractivity contribution in [2.45, 2.75) is 38.3 Å². The molecule has 2 nitrogen and oxygen atoms in total. The Morgan fingerprint density at radius 2 is 2.18 bits per heavy atom. The second kappa shape index (κ2) is 5.53. The molecule has 0 heterocycles. The molecule has 0 spiro atoms. The summed E-state index contributed by atoms with van der Waals surface area (Å²) < 4.78 is 0. The number of nitrogens with zero attached hydrogens (tertiary/aromatic N) is 1. The van der Waals surface area contributed by atoms with Crippen LogP contribution in [0.2, 0.25) is 5.02 Å². The normalized spacial score (nSPS) is 25.5. The summed E-state index contributed by atoms with van der Waals surface area (Å²) >= 11 is 6.17. The topological polar surface area (TPSA) is 35.8 Å². The Morgan fingerprint density at radius 1 is 1.41 bits per heavy atom. The van der Waals surface area contributed by atoms with Gasteiger partial charge in [-0.1, -0.05) is 36.2 Å². The highest BCUT2D eigenvalue weighted by Crippen LogP contribution is 2.29. The Hall–Kier alpha value is -1.04. The van der Waals surface area contributed by atoms with Crippen LogP contribution in [0, 0.1) is 17.2 Å². The number of nitriles is 1. The molecule has 0 aromatic heterocycles. The maximum absolute atomic E-state index is 9.06. The molecule has 17 heavy (non-hydrogen) atoms. The molecule has 1 aliphatic rings. The van der Waals surface area contributed by atoms with Gasteiger partial charge in [0, 0.05) is 17.1 Å². The lowest BCUT2D eigenvalue weighted by Gasteiger charge is -2.22. The summed E-state index contributed by atoms with van der Waals surface area (Å²) in [5.74, 6) is 0.153. The fraction of sp³-hybridized carbons (Fsp3) is 0.500. The van der Waals surface area contributed by atoms with E-state index in [1.165, 1.54) is 0 Å². The van der Waals surface area contributed by atoms with Crippen molar-refractivity contribution < 1.29 is 0 Å². The molecule has 1 saturated carbocycles. The standard InChI is InChI=1S/C14H17ClN2/c1-10(12-6-2-3-7-13(12)15)17-14-8-4-5-11(14)9-16/h2-3,6-7,10-11,14,17H,4-5,8H2,1H3/t10-,11?,14?/m0/s1. The van der Waals surface area contributed by atoms with Gasteiger partial charge in [0.2, 0.25) is 0 Å². The SMILES string of the molecule is C[C@H](NC1CCCC1C#N)c1ccccc1Cl. The van der Waals surface area contributed by atoms with Gasteiger partial charge in [-0.3, -0.25) is 0 Å². The fourth-order valence-corrected chi connectivity index (χ4v) is 2.85. The third-order valence-corrected chi connectivity index (χ3v) is 3.86. The van der Waals surface area contributed by atoms with Crippen LogP contribution in [0.3, 0.4) is 0 Å². The van der Waals surface area contributed by atoms with Crippen molar-refractivity contribution in [3.05, 3.63) is 34.9 Å². The average Bonchev–Trinajstić information content (AvgIpc) is 2.76. The van der Waals surface area contributed by atoms with E-state index < -0.39 is 0 Å². The van der Waals surface area contributed by atoms with E-state index in [9.17, 15) is 0 Å². The van der Waals surface area contributed by atoms with Crippen molar-refractivity contribution in [3.63, 3.8) is 0 Å². The van der Waals surface area contributed by atoms with Gasteiger partial charge in [0.05, 0.1) is 12.0 Å². The summed E-state index contributed by atoms with van der Waals surface area (Å²) in [5.41, 5.74) is 1.11. The van der Waals surface area contributed by atoms with Crippen molar-refractivity contribution in [2.24, 2.45) is 5.92 Å². The highest BCUT2D eigenvalue weighted by Gasteiger charge is 2.28. The number of hydrogen-bond acceptors (Lipinski definition) is 2. The van der Waals surface area contributed by atoms with Crippen LogP contribution in [0.1, 0.15) is 37.8 Å². The van der Waals surface area contributed by atoms with Gasteiger partial charge in [-0.25, -0.2) is 0 Å². The van der Waals surface area contributed by atoms with Gasteiger partial charge in [-0.05, 0) is 31.4 Å². The van der Waals surface area contributed by atoms with E-state index in [0.717, 1.165) is 29.8 Å². The number of hydrogen-bond donors (Lipinski definition) is 1. The molecule has 1 fully saturated rings. The van der Waals surface area contributed by atoms with Crippen molar-refractivity contribution in [1.29, 1.82) is 5.26 Å². The molecule has 3 heteroatoms. The van der Waals surface area contributed by atoms with Crippen LogP contribution in [0.4, 0.5) is 0 Å². The van der Waals surface area contributed by atoms with Gasteiger partial charge < -0.3 is 5.32 Å². The second-order valence-electron chi connectivity index (χ2n) is 4.68. The van der Waals surface area contributed by atoms with Crippen LogP contribution in [0.25, 0.3) is 0 Å². The summed E-state index contributed by atoms with van der Waals surface area (Å²) in [5, 5.41) is 13.4. The summed E-state index contributed by atoms with van der Waals surface area (Å²) in [6, 6.07) is 10.8. The molecule has 3 atom stereocenters. The molecule has 1 N–H and O–H groups in total. The molecule has 2 rings (SSSR count). The predicted molar refractivity (Wildman–Crippen MR) is 69.7 cm³/mol.